The molecule has 0 saturated heterocycles. The van der Waals surface area contributed by atoms with Crippen LogP contribution in [0.3, 0.4) is 0 Å². The molecule has 0 aromatic heterocycles. The Bertz CT molecular complexity index is 661. The molecule has 104 valence electrons. The van der Waals surface area contributed by atoms with Crippen molar-refractivity contribution in [3.63, 3.8) is 0 Å². The normalized spacial score (nSPS) is 16.7. The first-order valence-electron chi connectivity index (χ1n) is 7.09. The number of methoxy groups -OCH3 is 1. The second kappa shape index (κ2) is 4.86. The van der Waals surface area contributed by atoms with Crippen LogP contribution in [0.1, 0.15) is 33.9 Å². The van der Waals surface area contributed by atoms with Gasteiger partial charge in [-0.2, -0.15) is 0 Å². The Labute approximate surface area is 120 Å². The van der Waals surface area contributed by atoms with Crippen LogP contribution in [0.15, 0.2) is 30.3 Å². The van der Waals surface area contributed by atoms with Gasteiger partial charge in [0.1, 0.15) is 5.75 Å². The van der Waals surface area contributed by atoms with Crippen LogP contribution < -0.4 is 10.1 Å². The SMILES string of the molecule is COc1ccc(C2Cc3c(C)cc(C)cc3N2)cc1C. The summed E-state index contributed by atoms with van der Waals surface area (Å²) in [7, 11) is 1.72. The maximum atomic E-state index is 5.34. The molecule has 0 aliphatic carbocycles. The molecule has 2 aromatic rings. The van der Waals surface area contributed by atoms with Gasteiger partial charge in [-0.25, -0.2) is 0 Å². The number of hydrogen-bond acceptors (Lipinski definition) is 2. The number of aryl methyl sites for hydroxylation is 3. The minimum atomic E-state index is 0.370. The molecule has 1 N–H and O–H groups in total. The quantitative estimate of drug-likeness (QED) is 0.874. The first-order chi connectivity index (χ1) is 9.58. The third-order valence-electron chi connectivity index (χ3n) is 4.18. The molecule has 1 unspecified atom stereocenters. The van der Waals surface area contributed by atoms with Gasteiger partial charge in [0.25, 0.3) is 0 Å². The zero-order chi connectivity index (χ0) is 14.3. The highest BCUT2D eigenvalue weighted by atomic mass is 16.5. The summed E-state index contributed by atoms with van der Waals surface area (Å²) in [6, 6.07) is 11.3. The Morgan fingerprint density at radius 2 is 1.85 bits per heavy atom. The molecule has 1 atom stereocenters. The standard InChI is InChI=1S/C18H21NO/c1-11-7-12(2)15-10-16(19-17(15)8-11)14-5-6-18(20-4)13(3)9-14/h5-9,16,19H,10H2,1-4H3. The van der Waals surface area contributed by atoms with Crippen molar-refractivity contribution < 1.29 is 4.74 Å². The largest absolute Gasteiger partial charge is 0.496 e. The fraction of sp³-hybridized carbons (Fsp3) is 0.333. The lowest BCUT2D eigenvalue weighted by Crippen LogP contribution is -2.06. The Morgan fingerprint density at radius 1 is 1.05 bits per heavy atom. The number of anilines is 1. The summed E-state index contributed by atoms with van der Waals surface area (Å²) in [5.74, 6) is 0.955. The molecule has 1 heterocycles. The second-order valence-electron chi connectivity index (χ2n) is 5.74. The summed E-state index contributed by atoms with van der Waals surface area (Å²) >= 11 is 0. The summed E-state index contributed by atoms with van der Waals surface area (Å²) in [5, 5.41) is 3.66. The lowest BCUT2D eigenvalue weighted by atomic mass is 9.98. The van der Waals surface area contributed by atoms with Gasteiger partial charge in [0.2, 0.25) is 0 Å². The summed E-state index contributed by atoms with van der Waals surface area (Å²) < 4.78 is 5.34. The molecular weight excluding hydrogens is 246 g/mol. The molecule has 1 aliphatic rings. The number of fused-ring (bicyclic) bond motifs is 1. The number of rotatable bonds is 2. The molecule has 2 heteroatoms. The van der Waals surface area contributed by atoms with Gasteiger partial charge in [0.05, 0.1) is 13.2 Å². The monoisotopic (exact) mass is 267 g/mol. The minimum absolute atomic E-state index is 0.370. The molecule has 3 rings (SSSR count). The maximum absolute atomic E-state index is 5.34. The van der Waals surface area contributed by atoms with Crippen LogP contribution in [0.5, 0.6) is 5.75 Å². The van der Waals surface area contributed by atoms with Gasteiger partial charge in [-0.05, 0) is 67.1 Å². The van der Waals surface area contributed by atoms with E-state index in [0.717, 1.165) is 12.2 Å². The Balaban J connectivity index is 1.92. The summed E-state index contributed by atoms with van der Waals surface area (Å²) in [4.78, 5) is 0. The summed E-state index contributed by atoms with van der Waals surface area (Å²) in [6.45, 7) is 6.45. The van der Waals surface area contributed by atoms with E-state index >= 15 is 0 Å². The van der Waals surface area contributed by atoms with Crippen LogP contribution in [0.4, 0.5) is 5.69 Å². The van der Waals surface area contributed by atoms with Crippen molar-refractivity contribution in [3.05, 3.63) is 58.1 Å². The highest BCUT2D eigenvalue weighted by Crippen LogP contribution is 2.37. The predicted molar refractivity (Wildman–Crippen MR) is 83.7 cm³/mol. The molecule has 1 aliphatic heterocycles. The van der Waals surface area contributed by atoms with E-state index < -0.39 is 0 Å². The molecule has 20 heavy (non-hydrogen) atoms. The zero-order valence-corrected chi connectivity index (χ0v) is 12.6. The topological polar surface area (TPSA) is 21.3 Å². The molecule has 0 amide bonds. The number of benzene rings is 2. The van der Waals surface area contributed by atoms with E-state index in [1.165, 1.54) is 33.5 Å². The number of ether oxygens (including phenoxy) is 1. The fourth-order valence-corrected chi connectivity index (χ4v) is 3.16. The van der Waals surface area contributed by atoms with E-state index in [4.69, 9.17) is 4.74 Å². The van der Waals surface area contributed by atoms with Crippen LogP contribution in [0, 0.1) is 20.8 Å². The highest BCUT2D eigenvalue weighted by molar-refractivity contribution is 5.62. The summed E-state index contributed by atoms with van der Waals surface area (Å²) in [5.41, 5.74) is 7.97. The molecule has 2 nitrogen and oxygen atoms in total. The second-order valence-corrected chi connectivity index (χ2v) is 5.74. The van der Waals surface area contributed by atoms with Crippen molar-refractivity contribution in [3.8, 4) is 5.75 Å². The predicted octanol–water partition coefficient (Wildman–Crippen LogP) is 4.33. The average molecular weight is 267 g/mol. The van der Waals surface area contributed by atoms with E-state index in [0.29, 0.717) is 6.04 Å². The molecule has 2 aromatic carbocycles. The lowest BCUT2D eigenvalue weighted by molar-refractivity contribution is 0.411. The van der Waals surface area contributed by atoms with Gasteiger partial charge in [-0.1, -0.05) is 18.2 Å². The molecule has 0 bridgehead atoms. The van der Waals surface area contributed by atoms with Crippen molar-refractivity contribution in [2.75, 3.05) is 12.4 Å². The third kappa shape index (κ3) is 2.15. The Kier molecular flexibility index (Phi) is 3.17. The van der Waals surface area contributed by atoms with Crippen LogP contribution in [-0.2, 0) is 6.42 Å². The molecule has 0 fully saturated rings. The summed E-state index contributed by atoms with van der Waals surface area (Å²) in [6.07, 6.45) is 1.06. The Hall–Kier alpha value is -1.96. The van der Waals surface area contributed by atoms with Crippen molar-refractivity contribution >= 4 is 5.69 Å². The van der Waals surface area contributed by atoms with Crippen molar-refractivity contribution in [2.45, 2.75) is 33.2 Å². The molecule has 0 saturated carbocycles. The van der Waals surface area contributed by atoms with Gasteiger partial charge in [-0.3, -0.25) is 0 Å². The van der Waals surface area contributed by atoms with Crippen molar-refractivity contribution in [1.82, 2.24) is 0 Å². The zero-order valence-electron chi connectivity index (χ0n) is 12.6. The van der Waals surface area contributed by atoms with Crippen LogP contribution in [-0.4, -0.2) is 7.11 Å². The van der Waals surface area contributed by atoms with Crippen molar-refractivity contribution in [1.29, 1.82) is 0 Å². The van der Waals surface area contributed by atoms with Gasteiger partial charge in [-0.15, -0.1) is 0 Å². The molecule has 0 radical (unpaired) electrons. The van der Waals surface area contributed by atoms with Crippen LogP contribution in [0.2, 0.25) is 0 Å². The van der Waals surface area contributed by atoms with E-state index in [9.17, 15) is 0 Å². The number of hydrogen-bond donors (Lipinski definition) is 1. The highest BCUT2D eigenvalue weighted by Gasteiger charge is 2.24. The lowest BCUT2D eigenvalue weighted by Gasteiger charge is -2.14. The van der Waals surface area contributed by atoms with Gasteiger partial charge < -0.3 is 10.1 Å². The fourth-order valence-electron chi connectivity index (χ4n) is 3.16. The van der Waals surface area contributed by atoms with E-state index in [-0.39, 0.29) is 0 Å². The first-order valence-corrected chi connectivity index (χ1v) is 7.09. The third-order valence-corrected chi connectivity index (χ3v) is 4.18. The molecular formula is C18H21NO. The molecule has 0 spiro atoms. The minimum Gasteiger partial charge on any atom is -0.496 e. The smallest absolute Gasteiger partial charge is 0.121 e. The van der Waals surface area contributed by atoms with E-state index in [1.807, 2.05) is 0 Å². The maximum Gasteiger partial charge on any atom is 0.121 e. The number of nitrogens with one attached hydrogen (secondary N) is 1. The van der Waals surface area contributed by atoms with Gasteiger partial charge in [0, 0.05) is 5.69 Å². The first kappa shape index (κ1) is 13.0. The van der Waals surface area contributed by atoms with Gasteiger partial charge >= 0.3 is 0 Å². The Morgan fingerprint density at radius 3 is 2.55 bits per heavy atom. The van der Waals surface area contributed by atoms with Gasteiger partial charge in [0.15, 0.2) is 0 Å². The van der Waals surface area contributed by atoms with E-state index in [2.05, 4.69) is 56.4 Å². The van der Waals surface area contributed by atoms with Crippen LogP contribution >= 0.6 is 0 Å². The van der Waals surface area contributed by atoms with Crippen LogP contribution in [0.25, 0.3) is 0 Å². The van der Waals surface area contributed by atoms with Crippen molar-refractivity contribution in [2.24, 2.45) is 0 Å². The average Bonchev–Trinajstić information content (AvgIpc) is 2.82. The van der Waals surface area contributed by atoms with E-state index in [1.54, 1.807) is 7.11 Å².